The number of rotatable bonds is 6. The average Bonchev–Trinajstić information content (AvgIpc) is 3.20. The van der Waals surface area contributed by atoms with E-state index in [1.54, 1.807) is 18.2 Å². The predicted octanol–water partition coefficient (Wildman–Crippen LogP) is 3.83. The predicted molar refractivity (Wildman–Crippen MR) is 109 cm³/mol. The molecule has 0 bridgehead atoms. The topological polar surface area (TPSA) is 58.4 Å². The Hall–Kier alpha value is -2.40. The molecule has 1 aliphatic rings. The molecule has 27 heavy (non-hydrogen) atoms. The number of carbonyl (C=O) groups is 1. The Bertz CT molecular complexity index is 687. The van der Waals surface area contributed by atoms with Gasteiger partial charge in [-0.2, -0.15) is 0 Å². The average molecular weight is 372 g/mol. The van der Waals surface area contributed by atoms with Crippen LogP contribution in [0.1, 0.15) is 31.7 Å². The zero-order valence-corrected chi connectivity index (χ0v) is 16.0. The quantitative estimate of drug-likeness (QED) is 0.811. The lowest BCUT2D eigenvalue weighted by molar-refractivity contribution is -0.130. The molecule has 0 radical (unpaired) electrons. The van der Waals surface area contributed by atoms with Crippen LogP contribution >= 0.6 is 0 Å². The van der Waals surface area contributed by atoms with E-state index in [1.165, 1.54) is 11.8 Å². The third kappa shape index (κ3) is 7.39. The minimum absolute atomic E-state index is 0.0938. The molecule has 5 heteroatoms. The van der Waals surface area contributed by atoms with Crippen LogP contribution in [0.2, 0.25) is 0 Å². The molecule has 1 aliphatic heterocycles. The van der Waals surface area contributed by atoms with Crippen LogP contribution in [0.15, 0.2) is 54.6 Å². The summed E-state index contributed by atoms with van der Waals surface area (Å²) in [4.78, 5) is 13.7. The molecule has 0 saturated carbocycles. The highest BCUT2D eigenvalue weighted by atomic mass is 19.1. The Morgan fingerprint density at radius 1 is 1.11 bits per heavy atom. The molecule has 2 aromatic carbocycles. The molecule has 0 spiro atoms. The van der Waals surface area contributed by atoms with Crippen molar-refractivity contribution in [3.8, 4) is 0 Å². The largest absolute Gasteiger partial charge is 0.385 e. The third-order valence-corrected chi connectivity index (χ3v) is 4.49. The first-order valence-electron chi connectivity index (χ1n) is 9.65. The number of hydrogen-bond donors (Lipinski definition) is 2. The van der Waals surface area contributed by atoms with Crippen LogP contribution in [0.4, 0.5) is 10.1 Å². The van der Waals surface area contributed by atoms with Gasteiger partial charge in [0, 0.05) is 37.8 Å². The van der Waals surface area contributed by atoms with Gasteiger partial charge in [0.05, 0.1) is 0 Å². The van der Waals surface area contributed by atoms with Gasteiger partial charge in [-0.25, -0.2) is 4.39 Å². The lowest BCUT2D eigenvalue weighted by Crippen LogP contribution is -2.35. The molecule has 3 rings (SSSR count). The highest BCUT2D eigenvalue weighted by Crippen LogP contribution is 2.13. The van der Waals surface area contributed by atoms with E-state index >= 15 is 0 Å². The molecule has 1 fully saturated rings. The van der Waals surface area contributed by atoms with Crippen LogP contribution in [-0.4, -0.2) is 36.5 Å². The van der Waals surface area contributed by atoms with Crippen LogP contribution in [-0.2, 0) is 11.2 Å². The normalized spacial score (nSPS) is 14.3. The molecule has 1 amide bonds. The van der Waals surface area contributed by atoms with Gasteiger partial charge in [-0.05, 0) is 49.9 Å². The van der Waals surface area contributed by atoms with Gasteiger partial charge in [-0.1, -0.05) is 36.4 Å². The van der Waals surface area contributed by atoms with E-state index in [9.17, 15) is 9.18 Å². The smallest absolute Gasteiger partial charge is 0.224 e. The SMILES string of the molecule is CCNc1ccccc1.N[C@@H](CC(=O)N1CCCC1)Cc1ccccc1F. The molecule has 146 valence electrons. The van der Waals surface area contributed by atoms with E-state index < -0.39 is 0 Å². The highest BCUT2D eigenvalue weighted by Gasteiger charge is 2.20. The third-order valence-electron chi connectivity index (χ3n) is 4.49. The van der Waals surface area contributed by atoms with Gasteiger partial charge in [0.2, 0.25) is 5.91 Å². The molecule has 1 atom stereocenters. The second-order valence-corrected chi connectivity index (χ2v) is 6.74. The first kappa shape index (κ1) is 20.9. The van der Waals surface area contributed by atoms with Crippen LogP contribution < -0.4 is 11.1 Å². The van der Waals surface area contributed by atoms with Crippen LogP contribution in [0.3, 0.4) is 0 Å². The van der Waals surface area contributed by atoms with Crippen molar-refractivity contribution in [2.24, 2.45) is 5.73 Å². The summed E-state index contributed by atoms with van der Waals surface area (Å²) in [5.41, 5.74) is 7.71. The van der Waals surface area contributed by atoms with Crippen molar-refractivity contribution in [1.29, 1.82) is 0 Å². The van der Waals surface area contributed by atoms with Crippen molar-refractivity contribution in [2.75, 3.05) is 25.0 Å². The summed E-state index contributed by atoms with van der Waals surface area (Å²) in [7, 11) is 0. The zero-order chi connectivity index (χ0) is 19.5. The number of nitrogens with one attached hydrogen (secondary N) is 1. The Labute approximate surface area is 161 Å². The molecule has 1 saturated heterocycles. The Balaban J connectivity index is 0.000000244. The number of nitrogens with two attached hydrogens (primary N) is 1. The summed E-state index contributed by atoms with van der Waals surface area (Å²) in [6.07, 6.45) is 2.86. The fourth-order valence-corrected chi connectivity index (χ4v) is 3.10. The number of anilines is 1. The van der Waals surface area contributed by atoms with Crippen molar-refractivity contribution in [3.63, 3.8) is 0 Å². The van der Waals surface area contributed by atoms with E-state index in [2.05, 4.69) is 24.4 Å². The summed E-state index contributed by atoms with van der Waals surface area (Å²) < 4.78 is 13.4. The fraction of sp³-hybridized carbons (Fsp3) is 0.409. The number of hydrogen-bond acceptors (Lipinski definition) is 3. The lowest BCUT2D eigenvalue weighted by atomic mass is 10.0. The molecular formula is C22H30FN3O. The summed E-state index contributed by atoms with van der Waals surface area (Å²) in [5.74, 6) is -0.155. The Morgan fingerprint density at radius 2 is 1.74 bits per heavy atom. The maximum atomic E-state index is 13.4. The van der Waals surface area contributed by atoms with Crippen molar-refractivity contribution < 1.29 is 9.18 Å². The molecule has 3 N–H and O–H groups in total. The summed E-state index contributed by atoms with van der Waals surface area (Å²) in [5, 5.41) is 3.21. The summed E-state index contributed by atoms with van der Waals surface area (Å²) in [6.45, 7) is 4.76. The Kier molecular flexibility index (Phi) is 8.78. The monoisotopic (exact) mass is 371 g/mol. The molecule has 4 nitrogen and oxygen atoms in total. The van der Waals surface area contributed by atoms with Crippen molar-refractivity contribution in [3.05, 3.63) is 66.0 Å². The van der Waals surface area contributed by atoms with E-state index in [4.69, 9.17) is 5.73 Å². The van der Waals surface area contributed by atoms with Gasteiger partial charge in [-0.15, -0.1) is 0 Å². The molecule has 0 aromatic heterocycles. The number of nitrogens with zero attached hydrogens (tertiary/aromatic N) is 1. The van der Waals surface area contributed by atoms with Crippen LogP contribution in [0.5, 0.6) is 0 Å². The van der Waals surface area contributed by atoms with Crippen LogP contribution in [0.25, 0.3) is 0 Å². The second kappa shape index (κ2) is 11.3. The van der Waals surface area contributed by atoms with Gasteiger partial charge in [0.15, 0.2) is 0 Å². The first-order valence-corrected chi connectivity index (χ1v) is 9.65. The van der Waals surface area contributed by atoms with Gasteiger partial charge in [0.25, 0.3) is 0 Å². The number of para-hydroxylation sites is 1. The number of carbonyl (C=O) groups excluding carboxylic acids is 1. The number of amides is 1. The lowest BCUT2D eigenvalue weighted by Gasteiger charge is -2.18. The number of halogens is 1. The minimum atomic E-state index is -0.310. The maximum absolute atomic E-state index is 13.4. The van der Waals surface area contributed by atoms with Crippen molar-refractivity contribution in [2.45, 2.75) is 38.6 Å². The Morgan fingerprint density at radius 3 is 2.37 bits per heavy atom. The van der Waals surface area contributed by atoms with Gasteiger partial charge >= 0.3 is 0 Å². The van der Waals surface area contributed by atoms with Gasteiger partial charge in [0.1, 0.15) is 5.82 Å². The van der Waals surface area contributed by atoms with Crippen molar-refractivity contribution in [1.82, 2.24) is 4.90 Å². The van der Waals surface area contributed by atoms with E-state index in [0.717, 1.165) is 32.5 Å². The van der Waals surface area contributed by atoms with Crippen molar-refractivity contribution >= 4 is 11.6 Å². The first-order chi connectivity index (χ1) is 13.1. The summed E-state index contributed by atoms with van der Waals surface area (Å²) >= 11 is 0. The standard InChI is InChI=1S/C14H19FN2O.C8H11N/c15-13-6-2-1-5-11(13)9-12(16)10-14(18)17-7-3-4-8-17;1-2-9-8-6-4-3-5-7-8/h1-2,5-6,12H,3-4,7-10,16H2;3-7,9H,2H2,1H3/t12-;/m1./s1. The molecule has 2 aromatic rings. The second-order valence-electron chi connectivity index (χ2n) is 6.74. The summed E-state index contributed by atoms with van der Waals surface area (Å²) in [6, 6.07) is 16.5. The fourth-order valence-electron chi connectivity index (χ4n) is 3.10. The molecule has 1 heterocycles. The van der Waals surface area contributed by atoms with E-state index in [0.29, 0.717) is 18.4 Å². The zero-order valence-electron chi connectivity index (χ0n) is 16.0. The van der Waals surface area contributed by atoms with Gasteiger partial charge < -0.3 is 16.0 Å². The maximum Gasteiger partial charge on any atom is 0.224 e. The minimum Gasteiger partial charge on any atom is -0.385 e. The number of benzene rings is 2. The molecule has 0 aliphatic carbocycles. The van der Waals surface area contributed by atoms with Gasteiger partial charge in [-0.3, -0.25) is 4.79 Å². The van der Waals surface area contributed by atoms with Crippen LogP contribution in [0, 0.1) is 5.82 Å². The van der Waals surface area contributed by atoms with E-state index in [-0.39, 0.29) is 17.8 Å². The molecular weight excluding hydrogens is 341 g/mol. The molecule has 0 unspecified atom stereocenters. The highest BCUT2D eigenvalue weighted by molar-refractivity contribution is 5.77. The number of likely N-dealkylation sites (tertiary alicyclic amines) is 1. The van der Waals surface area contributed by atoms with E-state index in [1.807, 2.05) is 23.1 Å².